The lowest BCUT2D eigenvalue weighted by Crippen LogP contribution is -2.56. The van der Waals surface area contributed by atoms with Crippen LogP contribution in [0.2, 0.25) is 0 Å². The van der Waals surface area contributed by atoms with Crippen molar-refractivity contribution in [2.24, 2.45) is 11.7 Å². The maximum atomic E-state index is 14.7. The fourth-order valence-electron chi connectivity index (χ4n) is 7.61. The molecule has 0 radical (unpaired) electrons. The molecule has 15 heteroatoms. The number of unbranched alkanes of at least 4 members (excludes halogenated alkanes) is 1. The maximum absolute atomic E-state index is 14.7. The van der Waals surface area contributed by atoms with Gasteiger partial charge >= 0.3 is 12.3 Å². The lowest BCUT2D eigenvalue weighted by Gasteiger charge is -2.29. The van der Waals surface area contributed by atoms with Crippen LogP contribution >= 0.6 is 0 Å². The lowest BCUT2D eigenvalue weighted by atomic mass is 9.90. The van der Waals surface area contributed by atoms with Crippen LogP contribution in [0, 0.1) is 5.92 Å². The zero-order valence-corrected chi connectivity index (χ0v) is 32.3. The predicted octanol–water partition coefficient (Wildman–Crippen LogP) is 6.75. The molecule has 1 aliphatic heterocycles. The van der Waals surface area contributed by atoms with Gasteiger partial charge < -0.3 is 35.2 Å². The highest BCUT2D eigenvalue weighted by molar-refractivity contribution is 6.01. The molecule has 4 N–H and O–H groups in total. The van der Waals surface area contributed by atoms with Crippen LogP contribution in [0.5, 0.6) is 0 Å². The molecule has 4 atom stereocenters. The van der Waals surface area contributed by atoms with Crippen molar-refractivity contribution in [3.8, 4) is 0 Å². The number of Topliss-reactive ketones (excluding diaryl/α,β-unsaturated/α-hetero) is 1. The molecule has 3 amide bonds. The summed E-state index contributed by atoms with van der Waals surface area (Å²) in [4.78, 5) is 61.7. The summed E-state index contributed by atoms with van der Waals surface area (Å²) in [5, 5.41) is 5.41. The highest BCUT2D eigenvalue weighted by Gasteiger charge is 2.44. The Morgan fingerprint density at radius 3 is 2.38 bits per heavy atom. The molecule has 2 fully saturated rings. The van der Waals surface area contributed by atoms with Crippen molar-refractivity contribution in [2.75, 3.05) is 19.7 Å². The van der Waals surface area contributed by atoms with Gasteiger partial charge in [-0.3, -0.25) is 14.4 Å². The first-order chi connectivity index (χ1) is 28.0. The van der Waals surface area contributed by atoms with Crippen molar-refractivity contribution in [2.45, 2.75) is 101 Å². The van der Waals surface area contributed by atoms with E-state index in [0.29, 0.717) is 48.6 Å². The van der Waals surface area contributed by atoms with E-state index in [1.807, 2.05) is 0 Å². The highest BCUT2D eigenvalue weighted by atomic mass is 19.4. The summed E-state index contributed by atoms with van der Waals surface area (Å²) in [7, 11) is 0. The molecule has 6 rings (SSSR count). The van der Waals surface area contributed by atoms with Crippen LogP contribution in [0.25, 0.3) is 11.1 Å². The van der Waals surface area contributed by atoms with Crippen molar-refractivity contribution in [1.29, 1.82) is 0 Å². The second kappa shape index (κ2) is 19.9. The summed E-state index contributed by atoms with van der Waals surface area (Å²) in [5.41, 5.74) is 6.52. The minimum absolute atomic E-state index is 0.0274. The van der Waals surface area contributed by atoms with E-state index in [1.165, 1.54) is 17.0 Å². The Balaban J connectivity index is 1.26. The van der Waals surface area contributed by atoms with E-state index in [4.69, 9.17) is 19.6 Å². The largest absolute Gasteiger partial charge is 0.445 e. The Labute approximate surface area is 335 Å². The number of alkyl halides is 3. The summed E-state index contributed by atoms with van der Waals surface area (Å²) in [6.45, 7) is 0.663. The fourth-order valence-corrected chi connectivity index (χ4v) is 7.61. The number of nitrogens with two attached hydrogens (primary N) is 1. The smallest absolute Gasteiger partial charge is 0.416 e. The average Bonchev–Trinajstić information content (AvgIpc) is 3.87. The third-order valence-corrected chi connectivity index (χ3v) is 10.7. The Hall–Kier alpha value is -5.28. The van der Waals surface area contributed by atoms with Gasteiger partial charge in [0.2, 0.25) is 17.6 Å². The number of carbonyl (C=O) groups is 4. The van der Waals surface area contributed by atoms with Crippen molar-refractivity contribution >= 4 is 34.8 Å². The number of hydrogen-bond acceptors (Lipinski definition) is 9. The molecule has 0 unspecified atom stereocenters. The number of halogens is 3. The van der Waals surface area contributed by atoms with Gasteiger partial charge in [0, 0.05) is 26.0 Å². The van der Waals surface area contributed by atoms with E-state index in [2.05, 4.69) is 15.6 Å². The van der Waals surface area contributed by atoms with Gasteiger partial charge in [0.15, 0.2) is 5.58 Å². The van der Waals surface area contributed by atoms with Gasteiger partial charge in [-0.25, -0.2) is 9.78 Å². The molecule has 310 valence electrons. The number of rotatable bonds is 17. The number of alkyl carbamates (subject to hydrolysis) is 1. The van der Waals surface area contributed by atoms with Gasteiger partial charge in [0.05, 0.1) is 17.7 Å². The summed E-state index contributed by atoms with van der Waals surface area (Å²) in [6.07, 6.45) is 0.250. The number of aromatic nitrogens is 1. The first-order valence-electron chi connectivity index (χ1n) is 19.9. The number of ether oxygens (including phenoxy) is 2. The van der Waals surface area contributed by atoms with Crippen LogP contribution in [-0.2, 0) is 38.3 Å². The van der Waals surface area contributed by atoms with Crippen LogP contribution in [0.3, 0.4) is 0 Å². The highest BCUT2D eigenvalue weighted by Crippen LogP contribution is 2.31. The van der Waals surface area contributed by atoms with Crippen LogP contribution in [0.4, 0.5) is 18.0 Å². The maximum Gasteiger partial charge on any atom is 0.416 e. The number of hydrogen-bond donors (Lipinski definition) is 3. The lowest BCUT2D eigenvalue weighted by molar-refractivity contribution is -0.140. The third-order valence-electron chi connectivity index (χ3n) is 10.7. The van der Waals surface area contributed by atoms with Crippen molar-refractivity contribution in [3.05, 3.63) is 101 Å². The monoisotopic (exact) mass is 805 g/mol. The number of ketones is 1. The number of carbonyl (C=O) groups excluding carboxylic acids is 4. The molecule has 2 heterocycles. The van der Waals surface area contributed by atoms with E-state index in [1.54, 1.807) is 54.6 Å². The molecule has 2 aliphatic rings. The van der Waals surface area contributed by atoms with Crippen LogP contribution < -0.4 is 16.4 Å². The van der Waals surface area contributed by atoms with Crippen molar-refractivity contribution < 1.29 is 46.2 Å². The molecule has 12 nitrogen and oxygen atoms in total. The van der Waals surface area contributed by atoms with E-state index in [9.17, 15) is 32.3 Å². The molecule has 4 aromatic rings. The zero-order valence-electron chi connectivity index (χ0n) is 32.3. The number of nitrogens with zero attached hydrogens (tertiary/aromatic N) is 2. The van der Waals surface area contributed by atoms with E-state index >= 15 is 0 Å². The van der Waals surface area contributed by atoms with E-state index in [0.717, 1.165) is 44.2 Å². The molecule has 1 saturated heterocycles. The quantitative estimate of drug-likeness (QED) is 0.0774. The predicted molar refractivity (Wildman–Crippen MR) is 208 cm³/mol. The molecule has 0 spiro atoms. The summed E-state index contributed by atoms with van der Waals surface area (Å²) in [5.74, 6) is -1.74. The molecule has 1 aromatic heterocycles. The molecular formula is C43H50F3N5O7. The number of para-hydroxylation sites is 2. The number of likely N-dealkylation sites (tertiary alicyclic amines) is 1. The Kier molecular flexibility index (Phi) is 14.5. The van der Waals surface area contributed by atoms with Crippen LogP contribution in [0.1, 0.15) is 85.2 Å². The Bertz CT molecular complexity index is 1970. The number of nitrogens with one attached hydrogen (secondary N) is 2. The van der Waals surface area contributed by atoms with Gasteiger partial charge in [-0.1, -0.05) is 79.9 Å². The van der Waals surface area contributed by atoms with E-state index < -0.39 is 59.7 Å². The van der Waals surface area contributed by atoms with Gasteiger partial charge in [-0.05, 0) is 73.9 Å². The summed E-state index contributed by atoms with van der Waals surface area (Å²) >= 11 is 0. The normalized spacial score (nSPS) is 18.4. The minimum atomic E-state index is -4.64. The first-order valence-corrected chi connectivity index (χ1v) is 19.9. The second-order valence-electron chi connectivity index (χ2n) is 15.1. The third kappa shape index (κ3) is 11.4. The number of amides is 3. The summed E-state index contributed by atoms with van der Waals surface area (Å²) < 4.78 is 58.7. The van der Waals surface area contributed by atoms with E-state index in [-0.39, 0.29) is 43.9 Å². The Morgan fingerprint density at radius 1 is 0.897 bits per heavy atom. The first kappa shape index (κ1) is 42.3. The topological polar surface area (TPSA) is 166 Å². The van der Waals surface area contributed by atoms with Gasteiger partial charge in [-0.15, -0.1) is 0 Å². The molecule has 3 aromatic carbocycles. The van der Waals surface area contributed by atoms with Crippen LogP contribution in [0.15, 0.2) is 83.3 Å². The SMILES string of the molecule is NCCCC[C@H](NC(=O)[C@@H]1C[C@@H](OCC2CCCCC2)CN1C(=O)[C@@H](Cc1cccc(C(F)(F)F)c1)NC(=O)OCc1ccccc1)C(=O)c1nc2ccccc2o1. The average molecular weight is 806 g/mol. The number of benzene rings is 3. The second-order valence-corrected chi connectivity index (χ2v) is 15.1. The number of fused-ring (bicyclic) bond motifs is 1. The molecule has 1 saturated carbocycles. The Morgan fingerprint density at radius 2 is 1.64 bits per heavy atom. The van der Waals surface area contributed by atoms with Gasteiger partial charge in [0.25, 0.3) is 5.89 Å². The molecule has 0 bridgehead atoms. The summed E-state index contributed by atoms with van der Waals surface area (Å²) in [6, 6.07) is 16.6. The fraction of sp³-hybridized carbons (Fsp3) is 0.465. The molecule has 1 aliphatic carbocycles. The van der Waals surface area contributed by atoms with Gasteiger partial charge in [0.1, 0.15) is 24.2 Å². The number of oxazole rings is 1. The van der Waals surface area contributed by atoms with Crippen molar-refractivity contribution in [1.82, 2.24) is 20.5 Å². The zero-order chi connectivity index (χ0) is 41.1. The van der Waals surface area contributed by atoms with Gasteiger partial charge in [-0.2, -0.15) is 13.2 Å². The minimum Gasteiger partial charge on any atom is -0.445 e. The standard InChI is InChI=1S/C43H50F3N5O7/c44-43(45,46)31-17-11-16-30(22-31)23-35(50-42(55)57-27-29-14-5-2-6-15-29)41(54)51-25-32(56-26-28-12-3-1-4-13-28)24-36(51)39(53)48-34(19-9-10-21-47)38(52)40-49-33-18-7-8-20-37(33)58-40/h2,5-8,11,14-18,20,22,28,32,34-36H,1,3-4,9-10,12-13,19,21,23-27,47H2,(H,48,53)(H,50,55)/t32-,34+,35-,36+/m1/s1. The van der Waals surface area contributed by atoms with Crippen LogP contribution in [-0.4, -0.2) is 77.5 Å². The van der Waals surface area contributed by atoms with Crippen molar-refractivity contribution in [3.63, 3.8) is 0 Å². The molecular weight excluding hydrogens is 755 g/mol. The molecule has 58 heavy (non-hydrogen) atoms.